The Kier molecular flexibility index (Phi) is 5.11. The van der Waals surface area contributed by atoms with Crippen LogP contribution < -0.4 is 5.32 Å². The molecule has 2 aromatic carbocycles. The van der Waals surface area contributed by atoms with Gasteiger partial charge in [-0.15, -0.1) is 0 Å². The van der Waals surface area contributed by atoms with Crippen LogP contribution in [0.3, 0.4) is 0 Å². The number of imide groups is 1. The molecule has 2 amide bonds. The molecule has 1 atom stereocenters. The first-order valence-corrected chi connectivity index (χ1v) is 8.85. The van der Waals surface area contributed by atoms with Crippen LogP contribution in [0.1, 0.15) is 45.7 Å². The van der Waals surface area contributed by atoms with Crippen molar-refractivity contribution in [3.05, 3.63) is 69.7 Å². The summed E-state index contributed by atoms with van der Waals surface area (Å²) in [4.78, 5) is 26.0. The number of hydrogen-bond donors (Lipinski definition) is 1. The van der Waals surface area contributed by atoms with Crippen molar-refractivity contribution in [1.82, 2.24) is 10.2 Å². The molecule has 1 heterocycles. The van der Waals surface area contributed by atoms with E-state index in [1.54, 1.807) is 24.3 Å². The third-order valence-corrected chi connectivity index (χ3v) is 4.81. The minimum atomic E-state index is -0.200. The van der Waals surface area contributed by atoms with Gasteiger partial charge in [0.25, 0.3) is 11.8 Å². The first kappa shape index (κ1) is 16.9. The van der Waals surface area contributed by atoms with Crippen molar-refractivity contribution < 1.29 is 9.59 Å². The van der Waals surface area contributed by atoms with Crippen LogP contribution in [0.5, 0.6) is 0 Å². The normalized spacial score (nSPS) is 14.8. The Morgan fingerprint density at radius 1 is 1.00 bits per heavy atom. The zero-order valence-electron chi connectivity index (χ0n) is 13.5. The van der Waals surface area contributed by atoms with E-state index in [-0.39, 0.29) is 17.9 Å². The van der Waals surface area contributed by atoms with Crippen LogP contribution in [0.4, 0.5) is 0 Å². The summed E-state index contributed by atoms with van der Waals surface area (Å²) in [6.07, 6.45) is 0.934. The number of hydrogen-bond acceptors (Lipinski definition) is 3. The minimum absolute atomic E-state index is 0.200. The highest BCUT2D eigenvalue weighted by molar-refractivity contribution is 9.10. The fourth-order valence-electron chi connectivity index (χ4n) is 2.99. The van der Waals surface area contributed by atoms with E-state index >= 15 is 0 Å². The average Bonchev–Trinajstić information content (AvgIpc) is 2.85. The molecule has 0 aliphatic carbocycles. The Labute approximate surface area is 150 Å². The number of nitrogens with zero attached hydrogens (tertiary/aromatic N) is 1. The third-order valence-electron chi connectivity index (χ3n) is 4.28. The van der Waals surface area contributed by atoms with E-state index in [4.69, 9.17) is 0 Å². The standard InChI is InChI=1S/C19H19BrN2O2/c1-2-17(13-7-9-14(20)10-8-13)21-11-12-22-18(23)15-5-3-4-6-16(15)19(22)24/h3-10,17,21H,2,11-12H2,1H3/t17-/m1/s1. The van der Waals surface area contributed by atoms with Gasteiger partial charge in [0.15, 0.2) is 0 Å². The molecule has 0 fully saturated rings. The van der Waals surface area contributed by atoms with Gasteiger partial charge in [-0.1, -0.05) is 47.1 Å². The maximum absolute atomic E-state index is 12.3. The molecule has 24 heavy (non-hydrogen) atoms. The maximum Gasteiger partial charge on any atom is 0.261 e. The summed E-state index contributed by atoms with van der Waals surface area (Å²) in [6, 6.07) is 15.4. The number of carbonyl (C=O) groups excluding carboxylic acids is 2. The lowest BCUT2D eigenvalue weighted by Gasteiger charge is -2.20. The Morgan fingerprint density at radius 2 is 1.58 bits per heavy atom. The lowest BCUT2D eigenvalue weighted by molar-refractivity contribution is 0.0654. The van der Waals surface area contributed by atoms with E-state index in [2.05, 4.69) is 40.3 Å². The van der Waals surface area contributed by atoms with E-state index in [0.717, 1.165) is 10.9 Å². The smallest absolute Gasteiger partial charge is 0.261 e. The monoisotopic (exact) mass is 386 g/mol. The van der Waals surface area contributed by atoms with Crippen LogP contribution in [0.15, 0.2) is 53.0 Å². The van der Waals surface area contributed by atoms with Crippen molar-refractivity contribution in [3.63, 3.8) is 0 Å². The largest absolute Gasteiger partial charge is 0.308 e. The fourth-order valence-corrected chi connectivity index (χ4v) is 3.25. The van der Waals surface area contributed by atoms with Crippen molar-refractivity contribution in [3.8, 4) is 0 Å². The second-order valence-electron chi connectivity index (χ2n) is 5.77. The summed E-state index contributed by atoms with van der Waals surface area (Å²) in [7, 11) is 0. The topological polar surface area (TPSA) is 49.4 Å². The fraction of sp³-hybridized carbons (Fsp3) is 0.263. The zero-order valence-corrected chi connectivity index (χ0v) is 15.0. The molecule has 0 aromatic heterocycles. The molecule has 2 aromatic rings. The molecule has 1 N–H and O–H groups in total. The highest BCUT2D eigenvalue weighted by atomic mass is 79.9. The van der Waals surface area contributed by atoms with Crippen molar-refractivity contribution in [2.24, 2.45) is 0 Å². The van der Waals surface area contributed by atoms with Crippen LogP contribution >= 0.6 is 15.9 Å². The summed E-state index contributed by atoms with van der Waals surface area (Å²) in [6.45, 7) is 3.06. The second-order valence-corrected chi connectivity index (χ2v) is 6.69. The first-order chi connectivity index (χ1) is 11.6. The molecule has 0 spiro atoms. The van der Waals surface area contributed by atoms with Crippen molar-refractivity contribution in [2.45, 2.75) is 19.4 Å². The molecule has 0 saturated heterocycles. The van der Waals surface area contributed by atoms with E-state index in [1.165, 1.54) is 10.5 Å². The number of amides is 2. The number of halogens is 1. The van der Waals surface area contributed by atoms with E-state index in [9.17, 15) is 9.59 Å². The van der Waals surface area contributed by atoms with Gasteiger partial charge in [-0.3, -0.25) is 14.5 Å². The van der Waals surface area contributed by atoms with Gasteiger partial charge in [-0.25, -0.2) is 0 Å². The number of fused-ring (bicyclic) bond motifs is 1. The first-order valence-electron chi connectivity index (χ1n) is 8.06. The van der Waals surface area contributed by atoms with Crippen molar-refractivity contribution in [1.29, 1.82) is 0 Å². The van der Waals surface area contributed by atoms with Crippen LogP contribution in [0.2, 0.25) is 0 Å². The number of nitrogens with one attached hydrogen (secondary N) is 1. The Hall–Kier alpha value is -1.98. The van der Waals surface area contributed by atoms with Gasteiger partial charge in [-0.2, -0.15) is 0 Å². The Morgan fingerprint density at radius 3 is 2.12 bits per heavy atom. The Bertz CT molecular complexity index is 723. The predicted molar refractivity (Wildman–Crippen MR) is 97.0 cm³/mol. The highest BCUT2D eigenvalue weighted by Crippen LogP contribution is 2.22. The van der Waals surface area contributed by atoms with Crippen molar-refractivity contribution in [2.75, 3.05) is 13.1 Å². The summed E-state index contributed by atoms with van der Waals surface area (Å²) < 4.78 is 1.05. The number of rotatable bonds is 6. The summed E-state index contributed by atoms with van der Waals surface area (Å²) in [5, 5.41) is 3.44. The van der Waals surface area contributed by atoms with E-state index in [1.807, 2.05) is 12.1 Å². The molecule has 5 heteroatoms. The summed E-state index contributed by atoms with van der Waals surface area (Å²) >= 11 is 3.44. The van der Waals surface area contributed by atoms with Gasteiger partial charge in [0, 0.05) is 23.6 Å². The lowest BCUT2D eigenvalue weighted by Crippen LogP contribution is -2.37. The quantitative estimate of drug-likeness (QED) is 0.768. The van der Waals surface area contributed by atoms with Gasteiger partial charge in [0.05, 0.1) is 11.1 Å². The molecule has 0 unspecified atom stereocenters. The van der Waals surface area contributed by atoms with Crippen molar-refractivity contribution >= 4 is 27.7 Å². The minimum Gasteiger partial charge on any atom is -0.308 e. The Balaban J connectivity index is 1.61. The molecule has 3 rings (SSSR count). The molecule has 0 saturated carbocycles. The van der Waals surface area contributed by atoms with Gasteiger partial charge in [0.2, 0.25) is 0 Å². The summed E-state index contributed by atoms with van der Waals surface area (Å²) in [5.41, 5.74) is 2.20. The highest BCUT2D eigenvalue weighted by Gasteiger charge is 2.34. The molecular formula is C19H19BrN2O2. The van der Waals surface area contributed by atoms with Gasteiger partial charge < -0.3 is 5.32 Å². The van der Waals surface area contributed by atoms with Gasteiger partial charge in [0.1, 0.15) is 0 Å². The predicted octanol–water partition coefficient (Wildman–Crippen LogP) is 3.79. The van der Waals surface area contributed by atoms with Crippen LogP contribution in [-0.4, -0.2) is 29.8 Å². The van der Waals surface area contributed by atoms with E-state index in [0.29, 0.717) is 24.2 Å². The zero-order chi connectivity index (χ0) is 17.1. The second kappa shape index (κ2) is 7.28. The molecule has 4 nitrogen and oxygen atoms in total. The number of carbonyl (C=O) groups is 2. The van der Waals surface area contributed by atoms with Gasteiger partial charge >= 0.3 is 0 Å². The SMILES string of the molecule is CC[C@@H](NCCN1C(=O)c2ccccc2C1=O)c1ccc(Br)cc1. The third kappa shape index (κ3) is 3.28. The molecule has 0 radical (unpaired) electrons. The molecule has 0 bridgehead atoms. The average molecular weight is 387 g/mol. The van der Waals surface area contributed by atoms with Gasteiger partial charge in [-0.05, 0) is 36.2 Å². The van der Waals surface area contributed by atoms with Crippen LogP contribution in [-0.2, 0) is 0 Å². The lowest BCUT2D eigenvalue weighted by atomic mass is 10.0. The summed E-state index contributed by atoms with van der Waals surface area (Å²) in [5.74, 6) is -0.400. The van der Waals surface area contributed by atoms with Crippen LogP contribution in [0.25, 0.3) is 0 Å². The molecule has 1 aliphatic heterocycles. The maximum atomic E-state index is 12.3. The molecule has 1 aliphatic rings. The number of benzene rings is 2. The molecule has 124 valence electrons. The molecular weight excluding hydrogens is 368 g/mol. The van der Waals surface area contributed by atoms with E-state index < -0.39 is 0 Å². The van der Waals surface area contributed by atoms with Crippen LogP contribution in [0, 0.1) is 0 Å².